The molecule has 5 nitrogen and oxygen atoms in total. The monoisotopic (exact) mass is 301 g/mol. The molecule has 2 rings (SSSR count). The van der Waals surface area contributed by atoms with Gasteiger partial charge < -0.3 is 10.0 Å². The molecule has 0 atom stereocenters. The van der Waals surface area contributed by atoms with E-state index in [0.29, 0.717) is 5.56 Å². The van der Waals surface area contributed by atoms with E-state index in [1.165, 1.54) is 11.1 Å². The van der Waals surface area contributed by atoms with E-state index in [9.17, 15) is 18.7 Å². The number of nitrogens with zero attached hydrogens (tertiary/aromatic N) is 3. The Morgan fingerprint density at radius 2 is 2.00 bits per heavy atom. The maximum Gasteiger partial charge on any atom is 0.270 e. The number of hydrogen-bond acceptors (Lipinski definition) is 3. The Morgan fingerprint density at radius 3 is 2.48 bits per heavy atom. The molecule has 0 aliphatic carbocycles. The number of β-amino-alcohol motifs (C(OH)–C–C–N with tert-alkyl or cyclic N) is 1. The lowest BCUT2D eigenvalue weighted by molar-refractivity contribution is -0.166. The summed E-state index contributed by atoms with van der Waals surface area (Å²) in [6, 6.07) is 0.223. The molecule has 0 saturated carbocycles. The summed E-state index contributed by atoms with van der Waals surface area (Å²) >= 11 is 0. The van der Waals surface area contributed by atoms with Gasteiger partial charge in [-0.1, -0.05) is 13.8 Å². The number of rotatable bonds is 5. The molecule has 0 spiro atoms. The number of hydrogen-bond donors (Lipinski definition) is 1. The third-order valence-corrected chi connectivity index (χ3v) is 4.19. The molecule has 21 heavy (non-hydrogen) atoms. The van der Waals surface area contributed by atoms with Gasteiger partial charge in [0.15, 0.2) is 5.60 Å². The minimum Gasteiger partial charge on any atom is -0.380 e. The van der Waals surface area contributed by atoms with Crippen LogP contribution in [0.1, 0.15) is 48.8 Å². The highest BCUT2D eigenvalue weighted by atomic mass is 19.3. The predicted octanol–water partition coefficient (Wildman–Crippen LogP) is 2.00. The number of amides is 1. The van der Waals surface area contributed by atoms with Crippen molar-refractivity contribution < 1.29 is 18.7 Å². The predicted molar refractivity (Wildman–Crippen MR) is 73.4 cm³/mol. The van der Waals surface area contributed by atoms with E-state index >= 15 is 0 Å². The standard InChI is InChI=1S/C14H21F2N3O2/c1-4-10(5-2)19-9(3)11(6-17-19)12(20)18-7-14(21,8-18)13(15)16/h6,10,13,21H,4-5,7-8H2,1-3H3. The molecule has 7 heteroatoms. The second-order valence-corrected chi connectivity index (χ2v) is 5.62. The van der Waals surface area contributed by atoms with Gasteiger partial charge in [0.2, 0.25) is 0 Å². The van der Waals surface area contributed by atoms with Crippen molar-refractivity contribution >= 4 is 5.91 Å². The molecule has 0 radical (unpaired) electrons. The molecule has 1 aromatic heterocycles. The Morgan fingerprint density at radius 1 is 1.43 bits per heavy atom. The third-order valence-electron chi connectivity index (χ3n) is 4.19. The summed E-state index contributed by atoms with van der Waals surface area (Å²) in [6.07, 6.45) is 0.452. The van der Waals surface area contributed by atoms with Gasteiger partial charge in [0.05, 0.1) is 30.9 Å². The fourth-order valence-electron chi connectivity index (χ4n) is 2.70. The van der Waals surface area contributed by atoms with Crippen LogP contribution in [-0.4, -0.2) is 50.8 Å². The molecule has 2 heterocycles. The quantitative estimate of drug-likeness (QED) is 0.905. The van der Waals surface area contributed by atoms with Crippen LogP contribution in [0.3, 0.4) is 0 Å². The molecule has 1 aliphatic rings. The van der Waals surface area contributed by atoms with E-state index in [2.05, 4.69) is 18.9 Å². The third kappa shape index (κ3) is 2.66. The summed E-state index contributed by atoms with van der Waals surface area (Å²) in [5.41, 5.74) is -0.908. The lowest BCUT2D eigenvalue weighted by Gasteiger charge is -2.45. The summed E-state index contributed by atoms with van der Waals surface area (Å²) in [4.78, 5) is 13.5. The number of aliphatic hydroxyl groups is 1. The van der Waals surface area contributed by atoms with Gasteiger partial charge in [0.25, 0.3) is 12.3 Å². The molecular weight excluding hydrogens is 280 g/mol. The Balaban J connectivity index is 2.12. The number of likely N-dealkylation sites (tertiary alicyclic amines) is 1. The summed E-state index contributed by atoms with van der Waals surface area (Å²) in [5, 5.41) is 13.8. The zero-order valence-corrected chi connectivity index (χ0v) is 12.5. The Kier molecular flexibility index (Phi) is 4.32. The van der Waals surface area contributed by atoms with Crippen LogP contribution < -0.4 is 0 Å². The van der Waals surface area contributed by atoms with Crippen molar-refractivity contribution in [1.29, 1.82) is 0 Å². The van der Waals surface area contributed by atoms with Crippen LogP contribution in [0, 0.1) is 6.92 Å². The number of carbonyl (C=O) groups is 1. The topological polar surface area (TPSA) is 58.4 Å². The van der Waals surface area contributed by atoms with Crippen LogP contribution in [0.5, 0.6) is 0 Å². The van der Waals surface area contributed by atoms with E-state index in [0.717, 1.165) is 18.5 Å². The highest BCUT2D eigenvalue weighted by molar-refractivity contribution is 5.95. The first-order valence-corrected chi connectivity index (χ1v) is 7.18. The Hall–Kier alpha value is -1.50. The van der Waals surface area contributed by atoms with Crippen molar-refractivity contribution in [1.82, 2.24) is 14.7 Å². The van der Waals surface area contributed by atoms with Gasteiger partial charge >= 0.3 is 0 Å². The molecular formula is C14H21F2N3O2. The summed E-state index contributed by atoms with van der Waals surface area (Å²) in [5.74, 6) is -0.352. The van der Waals surface area contributed by atoms with Gasteiger partial charge in [-0.25, -0.2) is 8.78 Å². The molecule has 1 aliphatic heterocycles. The second-order valence-electron chi connectivity index (χ2n) is 5.62. The van der Waals surface area contributed by atoms with E-state index in [1.807, 2.05) is 4.68 Å². The van der Waals surface area contributed by atoms with Gasteiger partial charge in [0.1, 0.15) is 0 Å². The SMILES string of the molecule is CCC(CC)n1ncc(C(=O)N2CC(O)(C(F)F)C2)c1C. The lowest BCUT2D eigenvalue weighted by atomic mass is 9.94. The van der Waals surface area contributed by atoms with Gasteiger partial charge in [-0.05, 0) is 19.8 Å². The average molecular weight is 301 g/mol. The van der Waals surface area contributed by atoms with E-state index in [4.69, 9.17) is 0 Å². The first-order valence-electron chi connectivity index (χ1n) is 7.18. The summed E-state index contributed by atoms with van der Waals surface area (Å²) in [7, 11) is 0. The van der Waals surface area contributed by atoms with Crippen molar-refractivity contribution in [3.05, 3.63) is 17.5 Å². The van der Waals surface area contributed by atoms with Crippen LogP contribution in [0.2, 0.25) is 0 Å². The Bertz CT molecular complexity index is 520. The second kappa shape index (κ2) is 5.71. The number of halogens is 2. The lowest BCUT2D eigenvalue weighted by Crippen LogP contribution is -2.67. The van der Waals surface area contributed by atoms with Gasteiger partial charge in [-0.15, -0.1) is 0 Å². The largest absolute Gasteiger partial charge is 0.380 e. The average Bonchev–Trinajstić information content (AvgIpc) is 2.78. The number of aromatic nitrogens is 2. The summed E-state index contributed by atoms with van der Waals surface area (Å²) in [6.45, 7) is 5.24. The van der Waals surface area contributed by atoms with Crippen LogP contribution in [0.15, 0.2) is 6.20 Å². The normalized spacial score (nSPS) is 17.4. The fourth-order valence-corrected chi connectivity index (χ4v) is 2.70. The van der Waals surface area contributed by atoms with E-state index in [1.54, 1.807) is 6.92 Å². The minimum absolute atomic E-state index is 0.223. The molecule has 0 unspecified atom stereocenters. The minimum atomic E-state index is -2.84. The Labute approximate surface area is 122 Å². The van der Waals surface area contributed by atoms with E-state index < -0.39 is 12.0 Å². The summed E-state index contributed by atoms with van der Waals surface area (Å²) < 4.78 is 27.0. The van der Waals surface area contributed by atoms with Crippen LogP contribution in [0.25, 0.3) is 0 Å². The molecule has 1 saturated heterocycles. The highest BCUT2D eigenvalue weighted by Crippen LogP contribution is 2.29. The molecule has 118 valence electrons. The van der Waals surface area contributed by atoms with Gasteiger partial charge in [0, 0.05) is 5.69 Å². The molecule has 1 amide bonds. The highest BCUT2D eigenvalue weighted by Gasteiger charge is 2.51. The van der Waals surface area contributed by atoms with Crippen molar-refractivity contribution in [3.8, 4) is 0 Å². The van der Waals surface area contributed by atoms with Crippen LogP contribution in [0.4, 0.5) is 8.78 Å². The maximum absolute atomic E-state index is 12.6. The van der Waals surface area contributed by atoms with E-state index in [-0.39, 0.29) is 25.0 Å². The smallest absolute Gasteiger partial charge is 0.270 e. The van der Waals surface area contributed by atoms with Gasteiger partial charge in [-0.2, -0.15) is 5.10 Å². The van der Waals surface area contributed by atoms with Crippen molar-refractivity contribution in [2.24, 2.45) is 0 Å². The zero-order chi connectivity index (χ0) is 15.8. The number of carbonyl (C=O) groups excluding carboxylic acids is 1. The van der Waals surface area contributed by atoms with Gasteiger partial charge in [-0.3, -0.25) is 9.48 Å². The molecule has 1 N–H and O–H groups in total. The zero-order valence-electron chi connectivity index (χ0n) is 12.5. The maximum atomic E-state index is 12.6. The number of alkyl halides is 2. The van der Waals surface area contributed by atoms with Crippen molar-refractivity contribution in [3.63, 3.8) is 0 Å². The van der Waals surface area contributed by atoms with Crippen LogP contribution in [-0.2, 0) is 0 Å². The van der Waals surface area contributed by atoms with Crippen molar-refractivity contribution in [2.75, 3.05) is 13.1 Å². The molecule has 1 aromatic rings. The first kappa shape index (κ1) is 15.9. The molecule has 0 bridgehead atoms. The molecule has 1 fully saturated rings. The van der Waals surface area contributed by atoms with Crippen LogP contribution >= 0.6 is 0 Å². The fraction of sp³-hybridized carbons (Fsp3) is 0.714. The first-order chi connectivity index (χ1) is 9.84. The van der Waals surface area contributed by atoms with Crippen molar-refractivity contribution in [2.45, 2.75) is 51.7 Å². The molecule has 0 aromatic carbocycles.